The molecule has 0 fully saturated rings. The van der Waals surface area contributed by atoms with Gasteiger partial charge in [0, 0.05) is 3.57 Å². The predicted molar refractivity (Wildman–Crippen MR) is 56.8 cm³/mol. The van der Waals surface area contributed by atoms with Gasteiger partial charge in [0.2, 0.25) is 0 Å². The number of hydrogen-bond acceptors (Lipinski definition) is 3. The van der Waals surface area contributed by atoms with Crippen molar-refractivity contribution in [2.45, 2.75) is 6.43 Å². The maximum atomic E-state index is 12.5. The van der Waals surface area contributed by atoms with Crippen LogP contribution in [0.2, 0.25) is 0 Å². The Morgan fingerprint density at radius 2 is 2.27 bits per heavy atom. The first-order valence-electron chi connectivity index (χ1n) is 3.56. The van der Waals surface area contributed by atoms with Crippen LogP contribution >= 0.6 is 34.2 Å². The molecule has 1 aromatic heterocycles. The SMILES string of the molecule is N#Cc1cc(I)c(C(F)F)c(C(=O)Cl)n1. The molecule has 0 aliphatic carbocycles. The van der Waals surface area contributed by atoms with E-state index in [2.05, 4.69) is 4.98 Å². The number of carbonyl (C=O) groups is 1. The zero-order valence-corrected chi connectivity index (χ0v) is 9.88. The molecule has 1 aromatic rings. The number of alkyl halides is 2. The van der Waals surface area contributed by atoms with Crippen LogP contribution in [0.5, 0.6) is 0 Å². The minimum absolute atomic E-state index is 0.0955. The summed E-state index contributed by atoms with van der Waals surface area (Å²) in [7, 11) is 0. The van der Waals surface area contributed by atoms with E-state index in [1.807, 2.05) is 0 Å². The lowest BCUT2D eigenvalue weighted by Crippen LogP contribution is -2.06. The fraction of sp³-hybridized carbons (Fsp3) is 0.125. The Morgan fingerprint density at radius 3 is 2.67 bits per heavy atom. The van der Waals surface area contributed by atoms with Gasteiger partial charge in [-0.25, -0.2) is 13.8 Å². The van der Waals surface area contributed by atoms with Crippen LogP contribution in [0, 0.1) is 14.9 Å². The van der Waals surface area contributed by atoms with Gasteiger partial charge in [-0.1, -0.05) is 0 Å². The number of halogens is 4. The van der Waals surface area contributed by atoms with Gasteiger partial charge in [0.25, 0.3) is 11.7 Å². The molecule has 78 valence electrons. The molecule has 15 heavy (non-hydrogen) atoms. The average Bonchev–Trinajstić information content (AvgIpc) is 2.15. The molecule has 0 N–H and O–H groups in total. The van der Waals surface area contributed by atoms with Crippen LogP contribution < -0.4 is 0 Å². The highest BCUT2D eigenvalue weighted by Crippen LogP contribution is 2.28. The summed E-state index contributed by atoms with van der Waals surface area (Å²) in [5.41, 5.74) is -1.21. The molecule has 0 amide bonds. The van der Waals surface area contributed by atoms with Gasteiger partial charge in [-0.15, -0.1) is 0 Å². The van der Waals surface area contributed by atoms with Crippen LogP contribution in [0.15, 0.2) is 6.07 Å². The van der Waals surface area contributed by atoms with Crippen molar-refractivity contribution in [2.75, 3.05) is 0 Å². The van der Waals surface area contributed by atoms with E-state index in [9.17, 15) is 13.6 Å². The summed E-state index contributed by atoms with van der Waals surface area (Å²) in [5, 5.41) is 7.44. The van der Waals surface area contributed by atoms with Crippen LogP contribution in [-0.4, -0.2) is 10.2 Å². The van der Waals surface area contributed by atoms with Gasteiger partial charge in [-0.2, -0.15) is 5.26 Å². The topological polar surface area (TPSA) is 53.8 Å². The van der Waals surface area contributed by atoms with Gasteiger partial charge in [-0.3, -0.25) is 4.79 Å². The molecule has 7 heteroatoms. The molecular formula is C8H2ClF2IN2O. The van der Waals surface area contributed by atoms with E-state index < -0.39 is 22.9 Å². The molecule has 0 unspecified atom stereocenters. The second-order valence-corrected chi connectivity index (χ2v) is 3.94. The first-order chi connectivity index (χ1) is 6.97. The number of aromatic nitrogens is 1. The highest BCUT2D eigenvalue weighted by atomic mass is 127. The summed E-state index contributed by atoms with van der Waals surface area (Å²) >= 11 is 6.71. The Kier molecular flexibility index (Phi) is 3.93. The van der Waals surface area contributed by atoms with Crippen molar-refractivity contribution in [3.8, 4) is 6.07 Å². The number of carbonyl (C=O) groups excluding carboxylic acids is 1. The van der Waals surface area contributed by atoms with Crippen molar-refractivity contribution in [1.29, 1.82) is 5.26 Å². The average molecular weight is 342 g/mol. The Morgan fingerprint density at radius 1 is 1.67 bits per heavy atom. The molecular weight excluding hydrogens is 340 g/mol. The number of nitrogens with zero attached hydrogens (tertiary/aromatic N) is 2. The highest BCUT2D eigenvalue weighted by molar-refractivity contribution is 14.1. The summed E-state index contributed by atoms with van der Waals surface area (Å²) in [4.78, 5) is 14.3. The minimum Gasteiger partial charge on any atom is -0.274 e. The smallest absolute Gasteiger partial charge is 0.271 e. The van der Waals surface area contributed by atoms with Gasteiger partial charge >= 0.3 is 0 Å². The lowest BCUT2D eigenvalue weighted by Gasteiger charge is -2.06. The first kappa shape index (κ1) is 12.3. The second-order valence-electron chi connectivity index (χ2n) is 2.44. The summed E-state index contributed by atoms with van der Waals surface area (Å²) in [6, 6.07) is 2.83. The fourth-order valence-corrected chi connectivity index (χ4v) is 1.87. The van der Waals surface area contributed by atoms with E-state index in [0.717, 1.165) is 0 Å². The number of hydrogen-bond donors (Lipinski definition) is 0. The van der Waals surface area contributed by atoms with E-state index in [1.165, 1.54) is 6.07 Å². The summed E-state index contributed by atoms with van der Waals surface area (Å²) in [6.07, 6.45) is -2.85. The number of nitriles is 1. The maximum absolute atomic E-state index is 12.5. The number of rotatable bonds is 2. The van der Waals surface area contributed by atoms with Crippen LogP contribution in [0.1, 0.15) is 28.2 Å². The van der Waals surface area contributed by atoms with Crippen molar-refractivity contribution in [3.63, 3.8) is 0 Å². The maximum Gasteiger partial charge on any atom is 0.271 e. The predicted octanol–water partition coefficient (Wildman–Crippen LogP) is 2.87. The lowest BCUT2D eigenvalue weighted by molar-refractivity contribution is 0.106. The summed E-state index contributed by atoms with van der Waals surface area (Å²) < 4.78 is 25.2. The van der Waals surface area contributed by atoms with Crippen LogP contribution in [0.3, 0.4) is 0 Å². The Hall–Kier alpha value is -0.810. The normalized spacial score (nSPS) is 10.1. The standard InChI is InChI=1S/C8H2ClF2IN2O/c9-7(15)6-5(8(10)11)4(12)1-3(2-13)14-6/h1,8H. The van der Waals surface area contributed by atoms with Gasteiger partial charge in [0.15, 0.2) is 0 Å². The molecule has 3 nitrogen and oxygen atoms in total. The van der Waals surface area contributed by atoms with E-state index in [4.69, 9.17) is 16.9 Å². The van der Waals surface area contributed by atoms with E-state index >= 15 is 0 Å². The molecule has 0 saturated heterocycles. The van der Waals surface area contributed by atoms with Crippen LogP contribution in [0.25, 0.3) is 0 Å². The molecule has 0 saturated carbocycles. The monoisotopic (exact) mass is 342 g/mol. The quantitative estimate of drug-likeness (QED) is 0.613. The minimum atomic E-state index is -2.85. The van der Waals surface area contributed by atoms with Crippen molar-refractivity contribution in [2.24, 2.45) is 0 Å². The Bertz CT molecular complexity index is 459. The highest BCUT2D eigenvalue weighted by Gasteiger charge is 2.23. The van der Waals surface area contributed by atoms with E-state index in [-0.39, 0.29) is 9.26 Å². The molecule has 1 rings (SSSR count). The van der Waals surface area contributed by atoms with Crippen LogP contribution in [-0.2, 0) is 0 Å². The van der Waals surface area contributed by atoms with Crippen LogP contribution in [0.4, 0.5) is 8.78 Å². The van der Waals surface area contributed by atoms with Crippen molar-refractivity contribution >= 4 is 39.4 Å². The third kappa shape index (κ3) is 2.60. The Labute approximate surface area is 102 Å². The summed E-state index contributed by atoms with van der Waals surface area (Å²) in [6.45, 7) is 0. The molecule has 0 atom stereocenters. The van der Waals surface area contributed by atoms with Gasteiger partial charge in [0.1, 0.15) is 17.5 Å². The van der Waals surface area contributed by atoms with Gasteiger partial charge in [0.05, 0.1) is 5.56 Å². The zero-order valence-electron chi connectivity index (χ0n) is 6.97. The third-order valence-corrected chi connectivity index (χ3v) is 2.60. The Balaban J connectivity index is 3.51. The van der Waals surface area contributed by atoms with Gasteiger partial charge < -0.3 is 0 Å². The molecule has 1 heterocycles. The molecule has 0 aliphatic heterocycles. The zero-order chi connectivity index (χ0) is 11.6. The van der Waals surface area contributed by atoms with Crippen molar-refractivity contribution in [1.82, 2.24) is 4.98 Å². The first-order valence-corrected chi connectivity index (χ1v) is 5.01. The summed E-state index contributed by atoms with van der Waals surface area (Å²) in [5.74, 6) is 0. The lowest BCUT2D eigenvalue weighted by atomic mass is 10.2. The molecule has 0 spiro atoms. The molecule has 0 bridgehead atoms. The largest absolute Gasteiger partial charge is 0.274 e. The van der Waals surface area contributed by atoms with Crippen molar-refractivity contribution in [3.05, 3.63) is 26.6 Å². The second kappa shape index (κ2) is 4.81. The van der Waals surface area contributed by atoms with Gasteiger partial charge in [-0.05, 0) is 40.3 Å². The molecule has 0 radical (unpaired) electrons. The molecule has 0 aromatic carbocycles. The fourth-order valence-electron chi connectivity index (χ4n) is 0.939. The molecule has 0 aliphatic rings. The van der Waals surface area contributed by atoms with E-state index in [1.54, 1.807) is 28.7 Å². The van der Waals surface area contributed by atoms with E-state index in [0.29, 0.717) is 0 Å². The third-order valence-electron chi connectivity index (χ3n) is 1.53. The number of pyridine rings is 1. The van der Waals surface area contributed by atoms with Crippen molar-refractivity contribution < 1.29 is 13.6 Å².